The number of thioether (sulfide) groups is 1. The second-order valence-corrected chi connectivity index (χ2v) is 9.54. The Morgan fingerprint density at radius 2 is 1.88 bits per heavy atom. The molecule has 7 nitrogen and oxygen atoms in total. The van der Waals surface area contributed by atoms with Gasteiger partial charge in [-0.05, 0) is 36.2 Å². The lowest BCUT2D eigenvalue weighted by Crippen LogP contribution is -2.60. The highest BCUT2D eigenvalue weighted by atomic mass is 32.2. The molecule has 2 aromatic carbocycles. The number of rotatable bonds is 8. The van der Waals surface area contributed by atoms with Gasteiger partial charge in [-0.2, -0.15) is 0 Å². The van der Waals surface area contributed by atoms with E-state index in [2.05, 4.69) is 0 Å². The minimum Gasteiger partial charge on any atom is -0.497 e. The number of nitrogens with zero attached hydrogens (tertiary/aromatic N) is 1. The van der Waals surface area contributed by atoms with Gasteiger partial charge in [-0.3, -0.25) is 4.79 Å². The maximum absolute atomic E-state index is 12.9. The monoisotopic (exact) mass is 485 g/mol. The van der Waals surface area contributed by atoms with Crippen LogP contribution in [-0.4, -0.2) is 60.1 Å². The summed E-state index contributed by atoms with van der Waals surface area (Å²) < 4.78 is 23.7. The first-order valence-corrected chi connectivity index (χ1v) is 12.5. The summed E-state index contributed by atoms with van der Waals surface area (Å²) in [5, 5.41) is -0.0164. The SMILES string of the molecule is CCC1C[C@@H](OC(=O)c2ccccc2)C[C@](OC)([C@@H]2CSC(=O)N2Cc2ccc(OC)cc2)O1. The molecule has 2 heterocycles. The quantitative estimate of drug-likeness (QED) is 0.493. The third kappa shape index (κ3) is 5.24. The van der Waals surface area contributed by atoms with Gasteiger partial charge >= 0.3 is 5.97 Å². The van der Waals surface area contributed by atoms with E-state index >= 15 is 0 Å². The summed E-state index contributed by atoms with van der Waals surface area (Å²) in [5.41, 5.74) is 1.50. The van der Waals surface area contributed by atoms with Crippen molar-refractivity contribution in [2.75, 3.05) is 20.0 Å². The molecule has 0 spiro atoms. The average molecular weight is 486 g/mol. The third-order valence-corrected chi connectivity index (χ3v) is 7.45. The van der Waals surface area contributed by atoms with Gasteiger partial charge in [0.25, 0.3) is 5.24 Å². The van der Waals surface area contributed by atoms with Crippen LogP contribution in [0.15, 0.2) is 54.6 Å². The Morgan fingerprint density at radius 3 is 2.53 bits per heavy atom. The number of hydrogen-bond acceptors (Lipinski definition) is 7. The van der Waals surface area contributed by atoms with E-state index in [4.69, 9.17) is 18.9 Å². The van der Waals surface area contributed by atoms with Crippen LogP contribution >= 0.6 is 11.8 Å². The Morgan fingerprint density at radius 1 is 1.15 bits per heavy atom. The Balaban J connectivity index is 1.55. The van der Waals surface area contributed by atoms with Crippen LogP contribution in [0.4, 0.5) is 4.79 Å². The molecule has 0 aromatic heterocycles. The highest BCUT2D eigenvalue weighted by Gasteiger charge is 2.54. The first-order chi connectivity index (χ1) is 16.5. The molecule has 34 heavy (non-hydrogen) atoms. The number of esters is 1. The maximum atomic E-state index is 12.9. The molecule has 0 bridgehead atoms. The molecule has 0 N–H and O–H groups in total. The summed E-state index contributed by atoms with van der Waals surface area (Å²) in [6.45, 7) is 2.47. The minimum atomic E-state index is -1.06. The minimum absolute atomic E-state index is 0.0164. The number of amides is 1. The number of carbonyl (C=O) groups excluding carboxylic acids is 2. The van der Waals surface area contributed by atoms with Crippen molar-refractivity contribution < 1.29 is 28.5 Å². The van der Waals surface area contributed by atoms with Crippen molar-refractivity contribution in [2.45, 2.75) is 56.8 Å². The zero-order valence-electron chi connectivity index (χ0n) is 19.8. The number of ether oxygens (including phenoxy) is 4. The number of hydrogen-bond donors (Lipinski definition) is 0. The molecule has 0 radical (unpaired) electrons. The summed E-state index contributed by atoms with van der Waals surface area (Å²) >= 11 is 1.26. The van der Waals surface area contributed by atoms with Crippen LogP contribution in [0.3, 0.4) is 0 Å². The molecular weight excluding hydrogens is 454 g/mol. The van der Waals surface area contributed by atoms with Gasteiger partial charge in [0, 0.05) is 32.2 Å². The molecule has 2 saturated heterocycles. The standard InChI is InChI=1S/C26H31NO6S/c1-4-20-14-22(32-24(28)19-8-6-5-7-9-19)15-26(31-3,33-20)23-17-34-25(29)27(23)16-18-10-12-21(30-2)13-11-18/h5-13,20,22-23H,4,14-17H2,1-3H3/t20?,22-,23+,26-/m1/s1. The Labute approximate surface area is 204 Å². The first kappa shape index (κ1) is 24.6. The molecule has 8 heteroatoms. The van der Waals surface area contributed by atoms with Crippen LogP contribution < -0.4 is 4.74 Å². The molecule has 0 aliphatic carbocycles. The van der Waals surface area contributed by atoms with Gasteiger partial charge in [-0.15, -0.1) is 0 Å². The number of carbonyl (C=O) groups is 2. The van der Waals surface area contributed by atoms with Crippen molar-refractivity contribution in [3.63, 3.8) is 0 Å². The molecule has 2 aliphatic rings. The smallest absolute Gasteiger partial charge is 0.338 e. The third-order valence-electron chi connectivity index (χ3n) is 6.48. The van der Waals surface area contributed by atoms with Crippen molar-refractivity contribution in [1.82, 2.24) is 4.90 Å². The summed E-state index contributed by atoms with van der Waals surface area (Å²) in [6.07, 6.45) is 1.17. The summed E-state index contributed by atoms with van der Waals surface area (Å²) in [6, 6.07) is 16.3. The largest absolute Gasteiger partial charge is 0.497 e. The van der Waals surface area contributed by atoms with E-state index in [1.807, 2.05) is 54.3 Å². The maximum Gasteiger partial charge on any atom is 0.338 e. The number of benzene rings is 2. The van der Waals surface area contributed by atoms with E-state index in [0.29, 0.717) is 30.7 Å². The number of methoxy groups -OCH3 is 2. The molecule has 2 fully saturated rings. The van der Waals surface area contributed by atoms with Gasteiger partial charge < -0.3 is 23.8 Å². The average Bonchev–Trinajstić information content (AvgIpc) is 3.25. The zero-order chi connectivity index (χ0) is 24.1. The molecule has 4 rings (SSSR count). The van der Waals surface area contributed by atoms with Crippen LogP contribution in [0.2, 0.25) is 0 Å². The Hall–Kier alpha value is -2.55. The molecule has 0 saturated carbocycles. The predicted octanol–water partition coefficient (Wildman–Crippen LogP) is 4.89. The van der Waals surface area contributed by atoms with Crippen LogP contribution in [0.5, 0.6) is 5.75 Å². The van der Waals surface area contributed by atoms with Gasteiger partial charge in [-0.25, -0.2) is 4.79 Å². The van der Waals surface area contributed by atoms with E-state index in [-0.39, 0.29) is 29.5 Å². The van der Waals surface area contributed by atoms with E-state index in [1.54, 1.807) is 26.4 Å². The summed E-state index contributed by atoms with van der Waals surface area (Å²) in [7, 11) is 3.23. The van der Waals surface area contributed by atoms with Gasteiger partial charge in [-0.1, -0.05) is 49.0 Å². The molecular formula is C26H31NO6S. The molecule has 1 amide bonds. The van der Waals surface area contributed by atoms with Gasteiger partial charge in [0.15, 0.2) is 5.79 Å². The highest BCUT2D eigenvalue weighted by molar-refractivity contribution is 8.13. The van der Waals surface area contributed by atoms with Crippen LogP contribution in [0.1, 0.15) is 42.1 Å². The molecule has 182 valence electrons. The van der Waals surface area contributed by atoms with Gasteiger partial charge in [0.05, 0.1) is 24.8 Å². The first-order valence-electron chi connectivity index (χ1n) is 11.5. The molecule has 2 aliphatic heterocycles. The second kappa shape index (κ2) is 10.8. The van der Waals surface area contributed by atoms with E-state index in [9.17, 15) is 9.59 Å². The fraction of sp³-hybridized carbons (Fsp3) is 0.462. The lowest BCUT2D eigenvalue weighted by atomic mass is 9.91. The van der Waals surface area contributed by atoms with Crippen molar-refractivity contribution in [3.05, 3.63) is 65.7 Å². The topological polar surface area (TPSA) is 74.3 Å². The lowest BCUT2D eigenvalue weighted by molar-refractivity contribution is -0.303. The normalized spacial score (nSPS) is 27.0. The van der Waals surface area contributed by atoms with Crippen molar-refractivity contribution in [2.24, 2.45) is 0 Å². The van der Waals surface area contributed by atoms with Crippen LogP contribution in [0.25, 0.3) is 0 Å². The molecule has 1 unspecified atom stereocenters. The predicted molar refractivity (Wildman–Crippen MR) is 130 cm³/mol. The second-order valence-electron chi connectivity index (χ2n) is 8.57. The highest BCUT2D eigenvalue weighted by Crippen LogP contribution is 2.42. The Kier molecular flexibility index (Phi) is 7.80. The molecule has 4 atom stereocenters. The Bertz CT molecular complexity index is 985. The lowest BCUT2D eigenvalue weighted by Gasteiger charge is -2.48. The van der Waals surface area contributed by atoms with E-state index in [1.165, 1.54) is 11.8 Å². The van der Waals surface area contributed by atoms with E-state index in [0.717, 1.165) is 17.7 Å². The van der Waals surface area contributed by atoms with Gasteiger partial charge in [0.2, 0.25) is 0 Å². The van der Waals surface area contributed by atoms with E-state index < -0.39 is 5.79 Å². The van der Waals surface area contributed by atoms with Crippen molar-refractivity contribution in [3.8, 4) is 5.75 Å². The molecule has 2 aromatic rings. The fourth-order valence-electron chi connectivity index (χ4n) is 4.60. The van der Waals surface area contributed by atoms with Crippen LogP contribution in [0, 0.1) is 0 Å². The fourth-order valence-corrected chi connectivity index (χ4v) is 5.70. The van der Waals surface area contributed by atoms with Crippen molar-refractivity contribution >= 4 is 23.0 Å². The van der Waals surface area contributed by atoms with Crippen molar-refractivity contribution in [1.29, 1.82) is 0 Å². The summed E-state index contributed by atoms with van der Waals surface area (Å²) in [5.74, 6) is -0.121. The zero-order valence-corrected chi connectivity index (χ0v) is 20.6. The van der Waals surface area contributed by atoms with Crippen LogP contribution in [-0.2, 0) is 20.8 Å². The van der Waals surface area contributed by atoms with Gasteiger partial charge in [0.1, 0.15) is 11.9 Å². The summed E-state index contributed by atoms with van der Waals surface area (Å²) in [4.78, 5) is 27.4.